The predicted octanol–water partition coefficient (Wildman–Crippen LogP) is 4.05. The van der Waals surface area contributed by atoms with Gasteiger partial charge >= 0.3 is 0 Å². The van der Waals surface area contributed by atoms with E-state index in [-0.39, 0.29) is 0 Å². The van der Waals surface area contributed by atoms with Crippen LogP contribution < -0.4 is 0 Å². The molecule has 0 saturated carbocycles. The lowest BCUT2D eigenvalue weighted by Gasteiger charge is -1.98. The Labute approximate surface area is 85.9 Å². The van der Waals surface area contributed by atoms with Crippen molar-refractivity contribution in [3.05, 3.63) is 46.8 Å². The molecule has 1 aromatic heterocycles. The Hall–Kier alpha value is -0.920. The summed E-state index contributed by atoms with van der Waals surface area (Å²) in [5.74, 6) is 0. The Morgan fingerprint density at radius 2 is 1.92 bits per heavy atom. The SMILES string of the molecule is Clc1ccc(-c2c[c]oc2)cc1Cl. The van der Waals surface area contributed by atoms with Crippen LogP contribution in [0.5, 0.6) is 0 Å². The van der Waals surface area contributed by atoms with E-state index in [1.54, 1.807) is 24.5 Å². The van der Waals surface area contributed by atoms with Gasteiger partial charge in [0.2, 0.25) is 0 Å². The highest BCUT2D eigenvalue weighted by Crippen LogP contribution is 2.28. The minimum absolute atomic E-state index is 0.542. The quantitative estimate of drug-likeness (QED) is 0.694. The third kappa shape index (κ3) is 1.71. The van der Waals surface area contributed by atoms with E-state index in [0.717, 1.165) is 11.1 Å². The monoisotopic (exact) mass is 211 g/mol. The van der Waals surface area contributed by atoms with E-state index in [9.17, 15) is 0 Å². The van der Waals surface area contributed by atoms with Gasteiger partial charge in [-0.1, -0.05) is 29.3 Å². The van der Waals surface area contributed by atoms with E-state index in [1.165, 1.54) is 0 Å². The fourth-order valence-corrected chi connectivity index (χ4v) is 1.35. The van der Waals surface area contributed by atoms with Gasteiger partial charge in [0.1, 0.15) is 0 Å². The van der Waals surface area contributed by atoms with Crippen LogP contribution in [0.3, 0.4) is 0 Å². The van der Waals surface area contributed by atoms with Gasteiger partial charge in [-0.05, 0) is 23.8 Å². The molecule has 13 heavy (non-hydrogen) atoms. The molecule has 2 aromatic rings. The van der Waals surface area contributed by atoms with Crippen LogP contribution >= 0.6 is 23.2 Å². The first-order valence-corrected chi connectivity index (χ1v) is 4.43. The second-order valence-electron chi connectivity index (χ2n) is 2.58. The van der Waals surface area contributed by atoms with Gasteiger partial charge in [0, 0.05) is 5.56 Å². The predicted molar refractivity (Wildman–Crippen MR) is 53.0 cm³/mol. The van der Waals surface area contributed by atoms with Crippen LogP contribution in [0.2, 0.25) is 10.0 Å². The van der Waals surface area contributed by atoms with E-state index in [2.05, 4.69) is 6.26 Å². The Bertz CT molecular complexity index is 407. The van der Waals surface area contributed by atoms with Crippen LogP contribution in [0.15, 0.2) is 34.9 Å². The maximum Gasteiger partial charge on any atom is 0.169 e. The second-order valence-corrected chi connectivity index (χ2v) is 3.40. The number of halogens is 2. The van der Waals surface area contributed by atoms with Crippen LogP contribution in [-0.2, 0) is 0 Å². The summed E-state index contributed by atoms with van der Waals surface area (Å²) in [6.45, 7) is 0. The molecule has 1 radical (unpaired) electrons. The molecule has 0 atom stereocenters. The van der Waals surface area contributed by atoms with Gasteiger partial charge in [-0.15, -0.1) is 0 Å². The maximum atomic E-state index is 5.86. The average molecular weight is 212 g/mol. The first kappa shape index (κ1) is 8.67. The average Bonchev–Trinajstić information content (AvgIpc) is 2.62. The largest absolute Gasteiger partial charge is 0.460 e. The summed E-state index contributed by atoms with van der Waals surface area (Å²) < 4.78 is 4.84. The van der Waals surface area contributed by atoms with Crippen LogP contribution in [0.1, 0.15) is 0 Å². The summed E-state index contributed by atoms with van der Waals surface area (Å²) in [6.07, 6.45) is 4.22. The van der Waals surface area contributed by atoms with Gasteiger partial charge in [0.05, 0.1) is 16.3 Å². The summed E-state index contributed by atoms with van der Waals surface area (Å²) in [5.41, 5.74) is 1.91. The summed E-state index contributed by atoms with van der Waals surface area (Å²) in [5, 5.41) is 1.10. The standard InChI is InChI=1S/C10H5Cl2O/c11-9-2-1-7(5-10(9)12)8-3-4-13-6-8/h1-3,5-6H. The van der Waals surface area contributed by atoms with Crippen molar-refractivity contribution in [1.29, 1.82) is 0 Å². The molecule has 0 saturated heterocycles. The molecule has 0 N–H and O–H groups in total. The molecule has 0 spiro atoms. The molecule has 1 aromatic carbocycles. The molecule has 0 aliphatic rings. The van der Waals surface area contributed by atoms with Crippen molar-refractivity contribution < 1.29 is 4.42 Å². The van der Waals surface area contributed by atoms with Crippen molar-refractivity contribution >= 4 is 23.2 Å². The first-order chi connectivity index (χ1) is 6.27. The molecular formula is C10H5Cl2O. The number of rotatable bonds is 1. The smallest absolute Gasteiger partial charge is 0.169 e. The lowest BCUT2D eigenvalue weighted by molar-refractivity contribution is 0.559. The molecule has 3 heteroatoms. The van der Waals surface area contributed by atoms with Gasteiger partial charge in [-0.2, -0.15) is 0 Å². The van der Waals surface area contributed by atoms with E-state index in [4.69, 9.17) is 27.6 Å². The summed E-state index contributed by atoms with van der Waals surface area (Å²) >= 11 is 11.6. The Morgan fingerprint density at radius 3 is 2.54 bits per heavy atom. The highest BCUT2D eigenvalue weighted by molar-refractivity contribution is 6.42. The Balaban J connectivity index is 2.49. The zero-order valence-electron chi connectivity index (χ0n) is 6.55. The Morgan fingerprint density at radius 1 is 1.08 bits per heavy atom. The van der Waals surface area contributed by atoms with Crippen molar-refractivity contribution in [2.75, 3.05) is 0 Å². The lowest BCUT2D eigenvalue weighted by Crippen LogP contribution is -1.74. The van der Waals surface area contributed by atoms with Crippen molar-refractivity contribution in [1.82, 2.24) is 0 Å². The fraction of sp³-hybridized carbons (Fsp3) is 0. The zero-order valence-corrected chi connectivity index (χ0v) is 8.06. The minimum atomic E-state index is 0.542. The molecule has 65 valence electrons. The molecule has 0 aliphatic carbocycles. The molecule has 0 bridgehead atoms. The number of benzene rings is 1. The third-order valence-electron chi connectivity index (χ3n) is 1.72. The normalized spacial score (nSPS) is 10.3. The fourth-order valence-electron chi connectivity index (χ4n) is 1.06. The van der Waals surface area contributed by atoms with Crippen LogP contribution in [0.25, 0.3) is 11.1 Å². The van der Waals surface area contributed by atoms with Gasteiger partial charge in [-0.25, -0.2) is 0 Å². The maximum absolute atomic E-state index is 5.86. The van der Waals surface area contributed by atoms with Crippen molar-refractivity contribution in [2.45, 2.75) is 0 Å². The van der Waals surface area contributed by atoms with Crippen molar-refractivity contribution in [3.63, 3.8) is 0 Å². The van der Waals surface area contributed by atoms with Gasteiger partial charge in [0.25, 0.3) is 0 Å². The molecule has 0 fully saturated rings. The highest BCUT2D eigenvalue weighted by atomic mass is 35.5. The van der Waals surface area contributed by atoms with Crippen LogP contribution in [0.4, 0.5) is 0 Å². The highest BCUT2D eigenvalue weighted by Gasteiger charge is 2.02. The van der Waals surface area contributed by atoms with Crippen LogP contribution in [0, 0.1) is 6.26 Å². The molecule has 0 unspecified atom stereocenters. The van der Waals surface area contributed by atoms with Crippen LogP contribution in [-0.4, -0.2) is 0 Å². The molecule has 1 heterocycles. The second kappa shape index (κ2) is 3.44. The first-order valence-electron chi connectivity index (χ1n) is 3.67. The summed E-state index contributed by atoms with van der Waals surface area (Å²) in [7, 11) is 0. The number of hydrogen-bond donors (Lipinski definition) is 0. The van der Waals surface area contributed by atoms with Gasteiger partial charge in [0.15, 0.2) is 6.26 Å². The van der Waals surface area contributed by atoms with Crippen molar-refractivity contribution in [3.8, 4) is 11.1 Å². The molecule has 2 rings (SSSR count). The molecule has 0 aliphatic heterocycles. The van der Waals surface area contributed by atoms with E-state index >= 15 is 0 Å². The zero-order chi connectivity index (χ0) is 9.26. The summed E-state index contributed by atoms with van der Waals surface area (Å²) in [6, 6.07) is 7.18. The number of furan rings is 1. The minimum Gasteiger partial charge on any atom is -0.460 e. The van der Waals surface area contributed by atoms with Gasteiger partial charge < -0.3 is 4.42 Å². The third-order valence-corrected chi connectivity index (χ3v) is 2.46. The topological polar surface area (TPSA) is 13.1 Å². The van der Waals surface area contributed by atoms with E-state index in [1.807, 2.05) is 6.07 Å². The summed E-state index contributed by atoms with van der Waals surface area (Å²) in [4.78, 5) is 0. The van der Waals surface area contributed by atoms with E-state index < -0.39 is 0 Å². The Kier molecular flexibility index (Phi) is 2.30. The molecule has 1 nitrogen and oxygen atoms in total. The van der Waals surface area contributed by atoms with Gasteiger partial charge in [-0.3, -0.25) is 0 Å². The lowest BCUT2D eigenvalue weighted by atomic mass is 10.1. The van der Waals surface area contributed by atoms with Crippen molar-refractivity contribution in [2.24, 2.45) is 0 Å². The molecule has 0 amide bonds. The van der Waals surface area contributed by atoms with E-state index in [0.29, 0.717) is 10.0 Å². The number of hydrogen-bond acceptors (Lipinski definition) is 1. The molecular weight excluding hydrogens is 207 g/mol.